The predicted molar refractivity (Wildman–Crippen MR) is 101 cm³/mol. The monoisotopic (exact) mass is 383 g/mol. The molecule has 0 aromatic carbocycles. The predicted octanol–water partition coefficient (Wildman–Crippen LogP) is 2.50. The molecule has 1 atom stereocenters. The van der Waals surface area contributed by atoms with Crippen molar-refractivity contribution in [2.75, 3.05) is 18.4 Å². The second-order valence-electron chi connectivity index (χ2n) is 6.64. The molecule has 3 heterocycles. The number of nitrogens with one attached hydrogen (secondary N) is 2. The van der Waals surface area contributed by atoms with E-state index in [1.54, 1.807) is 18.6 Å². The maximum absolute atomic E-state index is 12.4. The van der Waals surface area contributed by atoms with Crippen LogP contribution < -0.4 is 10.6 Å². The number of amides is 1. The number of carbonyl (C=O) groups is 1. The average Bonchev–Trinajstić information content (AvgIpc) is 3.08. The van der Waals surface area contributed by atoms with Gasteiger partial charge in [0.1, 0.15) is 0 Å². The zero-order valence-corrected chi connectivity index (χ0v) is 15.5. The minimum absolute atomic E-state index is 0. The normalized spacial score (nSPS) is 20.2. The Bertz CT molecular complexity index is 700. The first-order valence-electron chi connectivity index (χ1n) is 8.18. The first-order chi connectivity index (χ1) is 11.3. The number of pyridine rings is 1. The van der Waals surface area contributed by atoms with Gasteiger partial charge in [-0.15, -0.1) is 24.8 Å². The summed E-state index contributed by atoms with van der Waals surface area (Å²) in [4.78, 5) is 16.4. The molecule has 2 aliphatic rings. The van der Waals surface area contributed by atoms with Gasteiger partial charge in [0.2, 0.25) is 5.91 Å². The Morgan fingerprint density at radius 3 is 2.72 bits per heavy atom. The summed E-state index contributed by atoms with van der Waals surface area (Å²) in [6.07, 6.45) is 10.4. The Hall–Kier alpha value is -1.63. The lowest BCUT2D eigenvalue weighted by atomic mass is 9.92. The molecular formula is C17H23Cl2N5O. The van der Waals surface area contributed by atoms with Gasteiger partial charge in [0.05, 0.1) is 18.4 Å². The Morgan fingerprint density at radius 1 is 1.28 bits per heavy atom. The molecule has 8 heteroatoms. The minimum Gasteiger partial charge on any atom is -0.323 e. The van der Waals surface area contributed by atoms with Crippen molar-refractivity contribution in [3.8, 4) is 0 Å². The van der Waals surface area contributed by atoms with Crippen LogP contribution in [0.3, 0.4) is 0 Å². The number of anilines is 1. The van der Waals surface area contributed by atoms with Gasteiger partial charge in [-0.1, -0.05) is 0 Å². The van der Waals surface area contributed by atoms with Crippen molar-refractivity contribution in [3.05, 3.63) is 42.5 Å². The van der Waals surface area contributed by atoms with Crippen molar-refractivity contribution in [3.63, 3.8) is 0 Å². The summed E-state index contributed by atoms with van der Waals surface area (Å²) in [5.74, 6) is 0.323. The highest BCUT2D eigenvalue weighted by molar-refractivity contribution is 5.94. The molecule has 136 valence electrons. The zero-order chi connectivity index (χ0) is 15.7. The number of aromatic nitrogens is 3. The lowest BCUT2D eigenvalue weighted by Gasteiger charge is -2.23. The van der Waals surface area contributed by atoms with Crippen LogP contribution in [0.2, 0.25) is 0 Å². The summed E-state index contributed by atoms with van der Waals surface area (Å²) in [6.45, 7) is 2.75. The number of hydrogen-bond acceptors (Lipinski definition) is 4. The summed E-state index contributed by atoms with van der Waals surface area (Å²) >= 11 is 0. The van der Waals surface area contributed by atoms with Crippen LogP contribution in [-0.2, 0) is 11.3 Å². The maximum atomic E-state index is 12.4. The van der Waals surface area contributed by atoms with Gasteiger partial charge in [-0.05, 0) is 55.5 Å². The second kappa shape index (κ2) is 8.17. The molecule has 1 aliphatic carbocycles. The van der Waals surface area contributed by atoms with E-state index in [9.17, 15) is 4.79 Å². The Morgan fingerprint density at radius 2 is 2.00 bits per heavy atom. The average molecular weight is 384 g/mol. The number of halogens is 2. The molecule has 2 N–H and O–H groups in total. The Balaban J connectivity index is 0.00000113. The molecule has 0 bridgehead atoms. The molecule has 1 unspecified atom stereocenters. The van der Waals surface area contributed by atoms with Crippen LogP contribution in [-0.4, -0.2) is 33.8 Å². The van der Waals surface area contributed by atoms with E-state index in [2.05, 4.69) is 20.7 Å². The van der Waals surface area contributed by atoms with Crippen LogP contribution in [0.5, 0.6) is 0 Å². The van der Waals surface area contributed by atoms with E-state index >= 15 is 0 Å². The Labute approximate surface area is 159 Å². The van der Waals surface area contributed by atoms with Gasteiger partial charge in [-0.2, -0.15) is 5.10 Å². The van der Waals surface area contributed by atoms with Crippen molar-refractivity contribution in [2.45, 2.75) is 25.8 Å². The van der Waals surface area contributed by atoms with Crippen LogP contribution in [0.15, 0.2) is 36.9 Å². The highest BCUT2D eigenvalue weighted by Crippen LogP contribution is 2.58. The summed E-state index contributed by atoms with van der Waals surface area (Å²) < 4.78 is 1.83. The SMILES string of the molecule is Cl.Cl.O=C(Nc1cnn(Cc2ccncc2)c1)C1CC12CCNCC2. The van der Waals surface area contributed by atoms with E-state index < -0.39 is 0 Å². The van der Waals surface area contributed by atoms with E-state index in [-0.39, 0.29) is 42.1 Å². The van der Waals surface area contributed by atoms with Gasteiger partial charge < -0.3 is 10.6 Å². The molecule has 2 aromatic heterocycles. The molecule has 2 fully saturated rings. The second-order valence-corrected chi connectivity index (χ2v) is 6.64. The maximum Gasteiger partial charge on any atom is 0.228 e. The van der Waals surface area contributed by atoms with E-state index in [0.29, 0.717) is 6.54 Å². The third-order valence-corrected chi connectivity index (χ3v) is 5.10. The highest BCUT2D eigenvalue weighted by atomic mass is 35.5. The number of carbonyl (C=O) groups excluding carboxylic acids is 1. The van der Waals surface area contributed by atoms with Crippen molar-refractivity contribution in [1.29, 1.82) is 0 Å². The molecule has 1 amide bonds. The fraction of sp³-hybridized carbons (Fsp3) is 0.471. The number of rotatable bonds is 4. The van der Waals surface area contributed by atoms with Crippen molar-refractivity contribution >= 4 is 36.4 Å². The summed E-state index contributed by atoms with van der Waals surface area (Å²) in [5, 5.41) is 10.7. The van der Waals surface area contributed by atoms with E-state index in [0.717, 1.165) is 43.6 Å². The Kier molecular flexibility index (Phi) is 6.43. The van der Waals surface area contributed by atoms with E-state index in [1.807, 2.05) is 23.0 Å². The van der Waals surface area contributed by atoms with Crippen LogP contribution in [0.25, 0.3) is 0 Å². The van der Waals surface area contributed by atoms with E-state index in [4.69, 9.17) is 0 Å². The molecule has 0 radical (unpaired) electrons. The summed E-state index contributed by atoms with van der Waals surface area (Å²) in [5.41, 5.74) is 2.18. The topological polar surface area (TPSA) is 71.8 Å². The van der Waals surface area contributed by atoms with Crippen molar-refractivity contribution < 1.29 is 4.79 Å². The molecule has 4 rings (SSSR count). The summed E-state index contributed by atoms with van der Waals surface area (Å²) in [6, 6.07) is 3.93. The standard InChI is InChI=1S/C17H21N5O.2ClH/c23-16(15-9-17(15)3-7-19-8-4-17)21-14-10-20-22(12-14)11-13-1-5-18-6-2-13;;/h1-2,5-6,10,12,15,19H,3-4,7-9,11H2,(H,21,23);2*1H. The van der Waals surface area contributed by atoms with Gasteiger partial charge in [-0.25, -0.2) is 0 Å². The van der Waals surface area contributed by atoms with Gasteiger partial charge in [-0.3, -0.25) is 14.5 Å². The largest absolute Gasteiger partial charge is 0.323 e. The minimum atomic E-state index is 0. The molecule has 25 heavy (non-hydrogen) atoms. The van der Waals surface area contributed by atoms with Crippen molar-refractivity contribution in [1.82, 2.24) is 20.1 Å². The molecule has 1 saturated heterocycles. The fourth-order valence-corrected chi connectivity index (χ4v) is 3.61. The first-order valence-corrected chi connectivity index (χ1v) is 8.18. The fourth-order valence-electron chi connectivity index (χ4n) is 3.61. The first kappa shape index (κ1) is 19.7. The lowest BCUT2D eigenvalue weighted by molar-refractivity contribution is -0.118. The van der Waals surface area contributed by atoms with Crippen LogP contribution in [0.4, 0.5) is 5.69 Å². The molecule has 1 saturated carbocycles. The third-order valence-electron chi connectivity index (χ3n) is 5.10. The van der Waals surface area contributed by atoms with Gasteiger partial charge >= 0.3 is 0 Å². The smallest absolute Gasteiger partial charge is 0.228 e. The molecule has 6 nitrogen and oxygen atoms in total. The van der Waals surface area contributed by atoms with Crippen molar-refractivity contribution in [2.24, 2.45) is 11.3 Å². The van der Waals surface area contributed by atoms with Crippen LogP contribution >= 0.6 is 24.8 Å². The van der Waals surface area contributed by atoms with Gasteiger partial charge in [0.15, 0.2) is 0 Å². The lowest BCUT2D eigenvalue weighted by Crippen LogP contribution is -2.31. The quantitative estimate of drug-likeness (QED) is 0.850. The highest BCUT2D eigenvalue weighted by Gasteiger charge is 2.57. The number of nitrogens with zero attached hydrogens (tertiary/aromatic N) is 3. The molecule has 1 aliphatic heterocycles. The molecule has 2 aromatic rings. The number of piperidine rings is 1. The number of hydrogen-bond donors (Lipinski definition) is 2. The van der Waals surface area contributed by atoms with Gasteiger partial charge in [0, 0.05) is 24.5 Å². The summed E-state index contributed by atoms with van der Waals surface area (Å²) in [7, 11) is 0. The molecule has 1 spiro atoms. The molecular weight excluding hydrogens is 361 g/mol. The third kappa shape index (κ3) is 4.32. The van der Waals surface area contributed by atoms with Crippen LogP contribution in [0, 0.1) is 11.3 Å². The van der Waals surface area contributed by atoms with E-state index in [1.165, 1.54) is 0 Å². The zero-order valence-electron chi connectivity index (χ0n) is 13.9. The van der Waals surface area contributed by atoms with Crippen LogP contribution in [0.1, 0.15) is 24.8 Å². The van der Waals surface area contributed by atoms with Gasteiger partial charge in [0.25, 0.3) is 0 Å².